The first kappa shape index (κ1) is 11.8. The first-order valence-electron chi connectivity index (χ1n) is 5.27. The quantitative estimate of drug-likeness (QED) is 0.585. The maximum absolute atomic E-state index is 4.10. The Balaban J connectivity index is 3.25. The van der Waals surface area contributed by atoms with E-state index in [2.05, 4.69) is 51.8 Å². The minimum absolute atomic E-state index is 0.0664. The first-order valence-corrected chi connectivity index (χ1v) is 5.27. The van der Waals surface area contributed by atoms with Gasteiger partial charge in [-0.05, 0) is 32.8 Å². The van der Waals surface area contributed by atoms with Crippen LogP contribution in [0.3, 0.4) is 0 Å². The summed E-state index contributed by atoms with van der Waals surface area (Å²) in [6.07, 6.45) is 7.54. The second-order valence-electron chi connectivity index (χ2n) is 4.52. The lowest BCUT2D eigenvalue weighted by Crippen LogP contribution is -2.22. The number of hydrogen-bond donors (Lipinski definition) is 0. The second kappa shape index (κ2) is 4.06. The predicted octanol–water partition coefficient (Wildman–Crippen LogP) is 4.59. The normalized spacial score (nSPS) is 18.2. The van der Waals surface area contributed by atoms with E-state index < -0.39 is 0 Å². The van der Waals surface area contributed by atoms with Gasteiger partial charge in [0.25, 0.3) is 0 Å². The molecule has 0 saturated heterocycles. The van der Waals surface area contributed by atoms with E-state index in [1.54, 1.807) is 0 Å². The minimum Gasteiger partial charge on any atom is -0.0989 e. The Morgan fingerprint density at radius 3 is 2.07 bits per heavy atom. The zero-order valence-corrected chi connectivity index (χ0v) is 10.1. The van der Waals surface area contributed by atoms with Crippen molar-refractivity contribution >= 4 is 0 Å². The molecule has 0 fully saturated rings. The van der Waals surface area contributed by atoms with Crippen molar-refractivity contribution in [2.45, 2.75) is 27.2 Å². The Labute approximate surface area is 93.4 Å². The van der Waals surface area contributed by atoms with Gasteiger partial charge >= 0.3 is 0 Å². The summed E-state index contributed by atoms with van der Waals surface area (Å²) in [5, 5.41) is 0. The maximum atomic E-state index is 4.10. The molecule has 1 rings (SSSR count). The van der Waals surface area contributed by atoms with Crippen molar-refractivity contribution in [1.82, 2.24) is 0 Å². The van der Waals surface area contributed by atoms with E-state index in [1.807, 2.05) is 6.92 Å². The van der Waals surface area contributed by atoms with Gasteiger partial charge in [-0.2, -0.15) is 0 Å². The molecule has 80 valence electrons. The summed E-state index contributed by atoms with van der Waals surface area (Å²) in [6.45, 7) is 18.3. The molecule has 0 saturated carbocycles. The zero-order chi connectivity index (χ0) is 11.6. The zero-order valence-electron chi connectivity index (χ0n) is 10.1. The molecule has 1 aliphatic rings. The maximum Gasteiger partial charge on any atom is 0.0333 e. The Morgan fingerprint density at radius 2 is 1.67 bits per heavy atom. The van der Waals surface area contributed by atoms with E-state index >= 15 is 0 Å². The standard InChI is InChI=1S/C15H20/c1-11(2)14-8-7-9-15(10-14,12(3)4)13(5)6/h7-8,10H,1,3,5,9H2,2,4,6H3. The van der Waals surface area contributed by atoms with Crippen LogP contribution in [0.25, 0.3) is 0 Å². The van der Waals surface area contributed by atoms with Gasteiger partial charge in [0.1, 0.15) is 0 Å². The molecule has 0 aromatic carbocycles. The van der Waals surface area contributed by atoms with Crippen LogP contribution in [0.1, 0.15) is 27.2 Å². The first-order chi connectivity index (χ1) is 6.90. The number of hydrogen-bond acceptors (Lipinski definition) is 0. The fourth-order valence-corrected chi connectivity index (χ4v) is 1.97. The van der Waals surface area contributed by atoms with Crippen LogP contribution in [0.4, 0.5) is 0 Å². The molecule has 1 aliphatic carbocycles. The summed E-state index contributed by atoms with van der Waals surface area (Å²) in [5.74, 6) is 0. The summed E-state index contributed by atoms with van der Waals surface area (Å²) < 4.78 is 0. The molecule has 0 nitrogen and oxygen atoms in total. The fourth-order valence-electron chi connectivity index (χ4n) is 1.97. The Hall–Kier alpha value is -1.30. The predicted molar refractivity (Wildman–Crippen MR) is 68.7 cm³/mol. The van der Waals surface area contributed by atoms with E-state index in [0.717, 1.165) is 23.1 Å². The van der Waals surface area contributed by atoms with Gasteiger partial charge < -0.3 is 0 Å². The summed E-state index contributed by atoms with van der Waals surface area (Å²) in [7, 11) is 0. The third-order valence-corrected chi connectivity index (χ3v) is 3.16. The SMILES string of the molecule is C=C(C)C1=CC(C(=C)C)(C(=C)C)CC=C1. The van der Waals surface area contributed by atoms with Crippen LogP contribution in [0.2, 0.25) is 0 Å². The largest absolute Gasteiger partial charge is 0.0989 e. The van der Waals surface area contributed by atoms with Crippen molar-refractivity contribution in [2.75, 3.05) is 0 Å². The highest BCUT2D eigenvalue weighted by molar-refractivity contribution is 5.47. The van der Waals surface area contributed by atoms with Gasteiger partial charge in [0.2, 0.25) is 0 Å². The minimum atomic E-state index is -0.0664. The summed E-state index contributed by atoms with van der Waals surface area (Å²) in [5.41, 5.74) is 4.53. The van der Waals surface area contributed by atoms with E-state index in [0.29, 0.717) is 0 Å². The summed E-state index contributed by atoms with van der Waals surface area (Å²) >= 11 is 0. The van der Waals surface area contributed by atoms with Crippen molar-refractivity contribution in [3.63, 3.8) is 0 Å². The van der Waals surface area contributed by atoms with Gasteiger partial charge in [-0.1, -0.05) is 54.7 Å². The number of rotatable bonds is 3. The van der Waals surface area contributed by atoms with Crippen molar-refractivity contribution < 1.29 is 0 Å². The van der Waals surface area contributed by atoms with Crippen molar-refractivity contribution in [3.8, 4) is 0 Å². The molecule has 0 spiro atoms. The molecular formula is C15H20. The fraction of sp³-hybridized carbons (Fsp3) is 0.333. The summed E-state index contributed by atoms with van der Waals surface area (Å²) in [4.78, 5) is 0. The molecule has 0 unspecified atom stereocenters. The molecule has 0 atom stereocenters. The smallest absolute Gasteiger partial charge is 0.0333 e. The van der Waals surface area contributed by atoms with Crippen molar-refractivity contribution in [1.29, 1.82) is 0 Å². The highest BCUT2D eigenvalue weighted by Gasteiger charge is 2.30. The molecule has 0 bridgehead atoms. The van der Waals surface area contributed by atoms with Crippen LogP contribution < -0.4 is 0 Å². The molecule has 0 heteroatoms. The molecular weight excluding hydrogens is 180 g/mol. The lowest BCUT2D eigenvalue weighted by Gasteiger charge is -2.34. The van der Waals surface area contributed by atoms with Crippen LogP contribution in [0.15, 0.2) is 60.3 Å². The van der Waals surface area contributed by atoms with Crippen LogP contribution in [0, 0.1) is 5.41 Å². The van der Waals surface area contributed by atoms with Gasteiger partial charge in [0, 0.05) is 5.41 Å². The number of allylic oxidation sites excluding steroid dienone is 7. The average Bonchev–Trinajstić information content (AvgIpc) is 2.17. The van der Waals surface area contributed by atoms with E-state index in [9.17, 15) is 0 Å². The molecule has 0 aromatic heterocycles. The van der Waals surface area contributed by atoms with E-state index in [1.165, 1.54) is 5.57 Å². The Bertz CT molecular complexity index is 361. The van der Waals surface area contributed by atoms with Gasteiger partial charge in [-0.3, -0.25) is 0 Å². The average molecular weight is 200 g/mol. The third kappa shape index (κ3) is 2.04. The van der Waals surface area contributed by atoms with Crippen molar-refractivity contribution in [2.24, 2.45) is 5.41 Å². The van der Waals surface area contributed by atoms with Crippen LogP contribution in [-0.2, 0) is 0 Å². The van der Waals surface area contributed by atoms with Gasteiger partial charge in [-0.25, -0.2) is 0 Å². The van der Waals surface area contributed by atoms with E-state index in [4.69, 9.17) is 0 Å². The topological polar surface area (TPSA) is 0 Å². The molecule has 0 aliphatic heterocycles. The monoisotopic (exact) mass is 200 g/mol. The van der Waals surface area contributed by atoms with Crippen LogP contribution in [0.5, 0.6) is 0 Å². The van der Waals surface area contributed by atoms with Gasteiger partial charge in [0.15, 0.2) is 0 Å². The molecule has 0 amide bonds. The van der Waals surface area contributed by atoms with Crippen LogP contribution >= 0.6 is 0 Å². The summed E-state index contributed by atoms with van der Waals surface area (Å²) in [6, 6.07) is 0. The highest BCUT2D eigenvalue weighted by atomic mass is 14.3. The Kier molecular flexibility index (Phi) is 3.18. The molecule has 0 aromatic rings. The van der Waals surface area contributed by atoms with Gasteiger partial charge in [-0.15, -0.1) is 0 Å². The Morgan fingerprint density at radius 1 is 1.13 bits per heavy atom. The second-order valence-corrected chi connectivity index (χ2v) is 4.52. The molecule has 0 heterocycles. The third-order valence-electron chi connectivity index (χ3n) is 3.16. The van der Waals surface area contributed by atoms with Crippen molar-refractivity contribution in [3.05, 3.63) is 60.3 Å². The molecule has 0 radical (unpaired) electrons. The van der Waals surface area contributed by atoms with Gasteiger partial charge in [0.05, 0.1) is 0 Å². The highest BCUT2D eigenvalue weighted by Crippen LogP contribution is 2.43. The molecule has 15 heavy (non-hydrogen) atoms. The lowest BCUT2D eigenvalue weighted by molar-refractivity contribution is 0.551. The molecule has 0 N–H and O–H groups in total. The van der Waals surface area contributed by atoms with E-state index in [-0.39, 0.29) is 5.41 Å². The van der Waals surface area contributed by atoms with Crippen LogP contribution in [-0.4, -0.2) is 0 Å². The lowest BCUT2D eigenvalue weighted by atomic mass is 9.70.